The molecule has 0 bridgehead atoms. The molecular weight excluding hydrogens is 300 g/mol. The Hall–Kier alpha value is -2.08. The van der Waals surface area contributed by atoms with Crippen molar-refractivity contribution in [1.82, 2.24) is 10.3 Å². The van der Waals surface area contributed by atoms with Gasteiger partial charge in [-0.1, -0.05) is 6.07 Å². The molecule has 0 aliphatic rings. The second kappa shape index (κ2) is 8.38. The second-order valence-corrected chi connectivity index (χ2v) is 5.87. The van der Waals surface area contributed by atoms with Crippen molar-refractivity contribution in [2.45, 2.75) is 25.1 Å². The van der Waals surface area contributed by atoms with Crippen molar-refractivity contribution in [3.63, 3.8) is 0 Å². The maximum atomic E-state index is 11.8. The van der Waals surface area contributed by atoms with E-state index in [2.05, 4.69) is 10.3 Å². The topological polar surface area (TPSA) is 72.2 Å². The molecule has 0 aliphatic carbocycles. The highest BCUT2D eigenvalue weighted by molar-refractivity contribution is 7.99. The van der Waals surface area contributed by atoms with Crippen LogP contribution in [0, 0.1) is 0 Å². The first-order valence-corrected chi connectivity index (χ1v) is 8.14. The Balaban J connectivity index is 1.67. The molecule has 6 heteroatoms. The molecule has 1 amide bonds. The number of carbonyl (C=O) groups excluding carboxylic acids is 2. The molecule has 2 aromatic heterocycles. The first-order valence-electron chi connectivity index (χ1n) is 6.99. The van der Waals surface area contributed by atoms with Gasteiger partial charge in [-0.15, -0.1) is 11.8 Å². The first kappa shape index (κ1) is 16.3. The number of Topliss-reactive ketones (excluding diaryl/α,β-unsaturated/α-hetero) is 1. The van der Waals surface area contributed by atoms with Gasteiger partial charge in [-0.25, -0.2) is 0 Å². The van der Waals surface area contributed by atoms with Crippen LogP contribution in [0.2, 0.25) is 0 Å². The van der Waals surface area contributed by atoms with E-state index in [1.165, 1.54) is 18.0 Å². The Morgan fingerprint density at radius 1 is 1.32 bits per heavy atom. The Kier molecular flexibility index (Phi) is 6.21. The van der Waals surface area contributed by atoms with Crippen LogP contribution in [0.25, 0.3) is 0 Å². The third-order valence-electron chi connectivity index (χ3n) is 2.90. The van der Waals surface area contributed by atoms with Gasteiger partial charge in [-0.2, -0.15) is 0 Å². The largest absolute Gasteiger partial charge is 0.461 e. The molecule has 116 valence electrons. The number of rotatable bonds is 8. The fraction of sp³-hybridized carbons (Fsp3) is 0.312. The quantitative estimate of drug-likeness (QED) is 0.758. The summed E-state index contributed by atoms with van der Waals surface area (Å²) in [5.41, 5.74) is 0.946. The van der Waals surface area contributed by atoms with E-state index in [0.717, 1.165) is 5.69 Å². The molecule has 1 atom stereocenters. The second-order valence-electron chi connectivity index (χ2n) is 4.89. The number of hydrogen-bond donors (Lipinski definition) is 1. The molecule has 2 heterocycles. The zero-order chi connectivity index (χ0) is 15.8. The number of nitrogens with zero attached hydrogens (tertiary/aromatic N) is 1. The van der Waals surface area contributed by atoms with Gasteiger partial charge in [0.25, 0.3) is 0 Å². The van der Waals surface area contributed by atoms with Crippen LogP contribution in [0.4, 0.5) is 0 Å². The van der Waals surface area contributed by atoms with Gasteiger partial charge in [-0.3, -0.25) is 14.6 Å². The van der Waals surface area contributed by atoms with Gasteiger partial charge in [0.2, 0.25) is 5.91 Å². The number of ketones is 1. The van der Waals surface area contributed by atoms with Gasteiger partial charge in [0.05, 0.1) is 17.7 Å². The summed E-state index contributed by atoms with van der Waals surface area (Å²) in [6.07, 6.45) is 3.42. The lowest BCUT2D eigenvalue weighted by Crippen LogP contribution is -2.35. The van der Waals surface area contributed by atoms with E-state index < -0.39 is 0 Å². The van der Waals surface area contributed by atoms with E-state index in [4.69, 9.17) is 4.42 Å². The Labute approximate surface area is 133 Å². The molecule has 22 heavy (non-hydrogen) atoms. The van der Waals surface area contributed by atoms with Gasteiger partial charge in [0, 0.05) is 24.4 Å². The molecule has 0 saturated heterocycles. The fourth-order valence-corrected chi connectivity index (χ4v) is 2.67. The maximum absolute atomic E-state index is 11.8. The zero-order valence-corrected chi connectivity index (χ0v) is 13.1. The summed E-state index contributed by atoms with van der Waals surface area (Å²) in [4.78, 5) is 27.9. The number of hydrogen-bond acceptors (Lipinski definition) is 5. The van der Waals surface area contributed by atoms with Gasteiger partial charge < -0.3 is 9.73 Å². The monoisotopic (exact) mass is 318 g/mol. The highest BCUT2D eigenvalue weighted by atomic mass is 32.2. The summed E-state index contributed by atoms with van der Waals surface area (Å²) < 4.78 is 5.04. The molecule has 2 aromatic rings. The maximum Gasteiger partial charge on any atom is 0.230 e. The van der Waals surface area contributed by atoms with Crippen molar-refractivity contribution in [1.29, 1.82) is 0 Å². The Bertz CT molecular complexity index is 599. The third-order valence-corrected chi connectivity index (χ3v) is 3.87. The van der Waals surface area contributed by atoms with Gasteiger partial charge in [-0.05, 0) is 31.2 Å². The predicted molar refractivity (Wildman–Crippen MR) is 85.7 cm³/mol. The number of amides is 1. The Morgan fingerprint density at radius 2 is 2.18 bits per heavy atom. The highest BCUT2D eigenvalue weighted by Crippen LogP contribution is 2.10. The molecule has 0 aromatic carbocycles. The molecule has 0 unspecified atom stereocenters. The minimum Gasteiger partial charge on any atom is -0.461 e. The van der Waals surface area contributed by atoms with E-state index >= 15 is 0 Å². The molecule has 5 nitrogen and oxygen atoms in total. The van der Waals surface area contributed by atoms with Crippen molar-refractivity contribution in [2.75, 3.05) is 5.75 Å². The van der Waals surface area contributed by atoms with Crippen LogP contribution in [0.1, 0.15) is 29.6 Å². The molecule has 1 N–H and O–H groups in total. The van der Waals surface area contributed by atoms with Crippen LogP contribution in [0.15, 0.2) is 47.2 Å². The fourth-order valence-electron chi connectivity index (χ4n) is 1.92. The first-order chi connectivity index (χ1) is 10.6. The smallest absolute Gasteiger partial charge is 0.230 e. The van der Waals surface area contributed by atoms with E-state index in [1.807, 2.05) is 25.1 Å². The van der Waals surface area contributed by atoms with Crippen LogP contribution >= 0.6 is 11.8 Å². The summed E-state index contributed by atoms with van der Waals surface area (Å²) in [6, 6.07) is 8.78. The number of aromatic nitrogens is 1. The van der Waals surface area contributed by atoms with Gasteiger partial charge >= 0.3 is 0 Å². The number of thioether (sulfide) groups is 1. The van der Waals surface area contributed by atoms with E-state index in [1.54, 1.807) is 18.3 Å². The van der Waals surface area contributed by atoms with Crippen molar-refractivity contribution < 1.29 is 14.0 Å². The third kappa shape index (κ3) is 5.37. The van der Waals surface area contributed by atoms with Gasteiger partial charge in [0.15, 0.2) is 11.5 Å². The Morgan fingerprint density at radius 3 is 2.86 bits per heavy atom. The zero-order valence-electron chi connectivity index (χ0n) is 12.3. The average Bonchev–Trinajstić information content (AvgIpc) is 3.02. The van der Waals surface area contributed by atoms with Gasteiger partial charge in [0.1, 0.15) is 0 Å². The lowest BCUT2D eigenvalue weighted by atomic mass is 10.1. The van der Waals surface area contributed by atoms with Crippen LogP contribution < -0.4 is 5.32 Å². The van der Waals surface area contributed by atoms with Crippen molar-refractivity contribution in [2.24, 2.45) is 0 Å². The number of pyridine rings is 1. The molecular formula is C16H18N2O3S. The van der Waals surface area contributed by atoms with Crippen LogP contribution in [-0.2, 0) is 10.5 Å². The highest BCUT2D eigenvalue weighted by Gasteiger charge is 2.15. The molecule has 0 fully saturated rings. The standard InChI is InChI=1S/C16H18N2O3S/c1-12(9-14(19)15-6-4-8-21-15)18-16(20)11-22-10-13-5-2-3-7-17-13/h2-8,12H,9-11H2,1H3,(H,18,20)/t12-/m1/s1. The number of furan rings is 1. The number of carbonyl (C=O) groups is 2. The van der Waals surface area contributed by atoms with Crippen molar-refractivity contribution >= 4 is 23.5 Å². The SMILES string of the molecule is C[C@H](CC(=O)c1ccco1)NC(=O)CSCc1ccccn1. The van der Waals surface area contributed by atoms with E-state index in [0.29, 0.717) is 17.3 Å². The van der Waals surface area contributed by atoms with Crippen molar-refractivity contribution in [3.8, 4) is 0 Å². The summed E-state index contributed by atoms with van der Waals surface area (Å²) in [5, 5.41) is 2.82. The van der Waals surface area contributed by atoms with E-state index in [9.17, 15) is 9.59 Å². The normalized spacial score (nSPS) is 11.9. The molecule has 0 spiro atoms. The van der Waals surface area contributed by atoms with Crippen LogP contribution in [0.5, 0.6) is 0 Å². The van der Waals surface area contributed by atoms with E-state index in [-0.39, 0.29) is 24.2 Å². The molecule has 2 rings (SSSR count). The lowest BCUT2D eigenvalue weighted by Gasteiger charge is -2.12. The summed E-state index contributed by atoms with van der Waals surface area (Å²) in [5.74, 6) is 1.16. The minimum atomic E-state index is -0.222. The summed E-state index contributed by atoms with van der Waals surface area (Å²) in [7, 11) is 0. The van der Waals surface area contributed by atoms with Crippen molar-refractivity contribution in [3.05, 3.63) is 54.2 Å². The van der Waals surface area contributed by atoms with Crippen LogP contribution in [0.3, 0.4) is 0 Å². The number of nitrogens with one attached hydrogen (secondary N) is 1. The minimum absolute atomic E-state index is 0.0827. The molecule has 0 saturated carbocycles. The lowest BCUT2D eigenvalue weighted by molar-refractivity contribution is -0.119. The summed E-state index contributed by atoms with van der Waals surface area (Å²) in [6.45, 7) is 1.81. The summed E-state index contributed by atoms with van der Waals surface area (Å²) >= 11 is 1.50. The molecule has 0 radical (unpaired) electrons. The average molecular weight is 318 g/mol. The predicted octanol–water partition coefficient (Wildman–Crippen LogP) is 2.69. The van der Waals surface area contributed by atoms with Crippen LogP contribution in [-0.4, -0.2) is 28.5 Å². The molecule has 0 aliphatic heterocycles.